The number of benzene rings is 2. The molecule has 3 N–H and O–H groups in total. The van der Waals surface area contributed by atoms with Crippen LogP contribution in [0.4, 0.5) is 11.6 Å². The van der Waals surface area contributed by atoms with Crippen molar-refractivity contribution in [1.29, 1.82) is 0 Å². The van der Waals surface area contributed by atoms with E-state index in [9.17, 15) is 4.79 Å². The molecule has 0 bridgehead atoms. The number of rotatable bonds is 7. The van der Waals surface area contributed by atoms with E-state index < -0.39 is 0 Å². The Kier molecular flexibility index (Phi) is 6.65. The molecule has 2 aromatic carbocycles. The van der Waals surface area contributed by atoms with Crippen LogP contribution in [0.5, 0.6) is 11.5 Å². The Morgan fingerprint density at radius 1 is 1.09 bits per heavy atom. The number of para-hydroxylation sites is 1. The van der Waals surface area contributed by atoms with Gasteiger partial charge in [-0.05, 0) is 54.7 Å². The Morgan fingerprint density at radius 2 is 1.78 bits per heavy atom. The molecule has 0 radical (unpaired) electrons. The number of amides is 1. The van der Waals surface area contributed by atoms with Crippen molar-refractivity contribution >= 4 is 17.5 Å². The predicted molar refractivity (Wildman–Crippen MR) is 127 cm³/mol. The van der Waals surface area contributed by atoms with Gasteiger partial charge in [0.05, 0.1) is 5.56 Å². The maximum absolute atomic E-state index is 11.4. The van der Waals surface area contributed by atoms with Crippen molar-refractivity contribution in [3.8, 4) is 22.6 Å². The lowest BCUT2D eigenvalue weighted by atomic mass is 9.96. The molecule has 32 heavy (non-hydrogen) atoms. The van der Waals surface area contributed by atoms with Gasteiger partial charge in [0.2, 0.25) is 5.91 Å². The summed E-state index contributed by atoms with van der Waals surface area (Å²) >= 11 is 0. The van der Waals surface area contributed by atoms with Gasteiger partial charge in [-0.15, -0.1) is 0 Å². The normalized spacial score (nSPS) is 14.1. The van der Waals surface area contributed by atoms with Crippen molar-refractivity contribution in [3.63, 3.8) is 0 Å². The van der Waals surface area contributed by atoms with Crippen LogP contribution < -0.4 is 20.7 Å². The summed E-state index contributed by atoms with van der Waals surface area (Å²) in [4.78, 5) is 22.5. The van der Waals surface area contributed by atoms with Crippen LogP contribution in [0.1, 0.15) is 12.8 Å². The Morgan fingerprint density at radius 3 is 2.47 bits per heavy atom. The quantitative estimate of drug-likeness (QED) is 0.551. The van der Waals surface area contributed by atoms with Crippen molar-refractivity contribution in [2.75, 3.05) is 30.3 Å². The molecule has 0 saturated carbocycles. The summed E-state index contributed by atoms with van der Waals surface area (Å²) in [5.41, 5.74) is 8.05. The summed E-state index contributed by atoms with van der Waals surface area (Å²) in [6, 6.07) is 17.5. The van der Waals surface area contributed by atoms with Crippen LogP contribution in [-0.4, -0.2) is 35.5 Å². The second-order valence-corrected chi connectivity index (χ2v) is 7.78. The van der Waals surface area contributed by atoms with E-state index in [0.29, 0.717) is 18.3 Å². The number of anilines is 2. The fourth-order valence-corrected chi connectivity index (χ4v) is 3.89. The minimum atomic E-state index is -0.127. The lowest BCUT2D eigenvalue weighted by Crippen LogP contribution is -2.39. The highest BCUT2D eigenvalue weighted by atomic mass is 16.5. The van der Waals surface area contributed by atoms with Crippen molar-refractivity contribution in [3.05, 3.63) is 73.6 Å². The monoisotopic (exact) mass is 429 g/mol. The molecular weight excluding hydrogens is 402 g/mol. The third-order valence-corrected chi connectivity index (χ3v) is 5.64. The molecule has 1 aliphatic heterocycles. The first-order valence-corrected chi connectivity index (χ1v) is 10.7. The first-order valence-electron chi connectivity index (χ1n) is 10.7. The first-order chi connectivity index (χ1) is 15.6. The largest absolute Gasteiger partial charge is 0.457 e. The van der Waals surface area contributed by atoms with E-state index in [-0.39, 0.29) is 5.91 Å². The molecule has 3 aromatic rings. The summed E-state index contributed by atoms with van der Waals surface area (Å²) in [5.74, 6) is 3.13. The molecule has 1 fully saturated rings. The minimum Gasteiger partial charge on any atom is -0.457 e. The Balaban J connectivity index is 1.48. The van der Waals surface area contributed by atoms with Crippen LogP contribution in [0.15, 0.2) is 73.6 Å². The number of carbonyl (C=O) groups is 1. The Labute approximate surface area is 187 Å². The fourth-order valence-electron chi connectivity index (χ4n) is 3.89. The number of piperidine rings is 1. The number of nitrogen functional groups attached to an aromatic ring is 1. The SMILES string of the molecule is C=CC(=O)NCC1CCN(c2ncnc(N)c2-c2ccc(Oc3ccccc3)cc2)CC1. The molecule has 0 spiro atoms. The molecule has 4 rings (SSSR count). The zero-order valence-electron chi connectivity index (χ0n) is 17.9. The fraction of sp³-hybridized carbons (Fsp3) is 0.240. The molecule has 1 saturated heterocycles. The van der Waals surface area contributed by atoms with Crippen molar-refractivity contribution in [2.24, 2.45) is 5.92 Å². The van der Waals surface area contributed by atoms with Crippen LogP contribution in [0, 0.1) is 5.92 Å². The Hall–Kier alpha value is -3.87. The maximum Gasteiger partial charge on any atom is 0.243 e. The third-order valence-electron chi connectivity index (χ3n) is 5.64. The molecule has 164 valence electrons. The highest BCUT2D eigenvalue weighted by molar-refractivity contribution is 5.86. The van der Waals surface area contributed by atoms with E-state index in [1.54, 1.807) is 0 Å². The van der Waals surface area contributed by atoms with E-state index in [0.717, 1.165) is 54.4 Å². The number of hydrogen-bond acceptors (Lipinski definition) is 6. The van der Waals surface area contributed by atoms with Crippen LogP contribution in [0.2, 0.25) is 0 Å². The average molecular weight is 430 g/mol. The van der Waals surface area contributed by atoms with Gasteiger partial charge >= 0.3 is 0 Å². The zero-order chi connectivity index (χ0) is 22.3. The van der Waals surface area contributed by atoms with Crippen molar-refractivity contribution in [1.82, 2.24) is 15.3 Å². The summed E-state index contributed by atoms with van der Waals surface area (Å²) < 4.78 is 5.90. The van der Waals surface area contributed by atoms with E-state index in [2.05, 4.69) is 26.8 Å². The molecule has 0 aliphatic carbocycles. The van der Waals surface area contributed by atoms with Crippen LogP contribution in [0.25, 0.3) is 11.1 Å². The number of nitrogens with one attached hydrogen (secondary N) is 1. The molecule has 7 heteroatoms. The maximum atomic E-state index is 11.4. The third kappa shape index (κ3) is 5.06. The smallest absolute Gasteiger partial charge is 0.243 e. The van der Waals surface area contributed by atoms with Gasteiger partial charge in [-0.2, -0.15) is 0 Å². The second kappa shape index (κ2) is 9.96. The number of hydrogen-bond donors (Lipinski definition) is 2. The van der Waals surface area contributed by atoms with Gasteiger partial charge < -0.3 is 20.7 Å². The lowest BCUT2D eigenvalue weighted by Gasteiger charge is -2.34. The molecule has 1 aliphatic rings. The molecular formula is C25H27N5O2. The van der Waals surface area contributed by atoms with E-state index in [1.165, 1.54) is 12.4 Å². The van der Waals surface area contributed by atoms with E-state index in [1.807, 2.05) is 54.6 Å². The summed E-state index contributed by atoms with van der Waals surface area (Å²) in [6.45, 7) is 5.84. The predicted octanol–water partition coefficient (Wildman–Crippen LogP) is 4.04. The van der Waals surface area contributed by atoms with Gasteiger partial charge in [0.1, 0.15) is 29.5 Å². The lowest BCUT2D eigenvalue weighted by molar-refractivity contribution is -0.116. The van der Waals surface area contributed by atoms with Crippen LogP contribution >= 0.6 is 0 Å². The Bertz CT molecular complexity index is 1060. The minimum absolute atomic E-state index is 0.127. The zero-order valence-corrected chi connectivity index (χ0v) is 17.9. The van der Waals surface area contributed by atoms with E-state index >= 15 is 0 Å². The molecule has 2 heterocycles. The summed E-state index contributed by atoms with van der Waals surface area (Å²) in [6.07, 6.45) is 4.74. The molecule has 1 aromatic heterocycles. The van der Waals surface area contributed by atoms with Gasteiger partial charge in [-0.25, -0.2) is 9.97 Å². The highest BCUT2D eigenvalue weighted by Crippen LogP contribution is 2.36. The van der Waals surface area contributed by atoms with Gasteiger partial charge in [-0.3, -0.25) is 4.79 Å². The standard InChI is InChI=1S/C25H27N5O2/c1-2-22(31)27-16-18-12-14-30(15-13-18)25-23(24(26)28-17-29-25)19-8-10-21(11-9-19)32-20-6-4-3-5-7-20/h2-11,17-18H,1,12-16H2,(H,27,31)(H2,26,28,29). The summed E-state index contributed by atoms with van der Waals surface area (Å²) in [7, 11) is 0. The van der Waals surface area contributed by atoms with Gasteiger partial charge in [0, 0.05) is 19.6 Å². The van der Waals surface area contributed by atoms with E-state index in [4.69, 9.17) is 10.5 Å². The van der Waals surface area contributed by atoms with Crippen molar-refractivity contribution < 1.29 is 9.53 Å². The number of nitrogens with two attached hydrogens (primary N) is 1. The highest BCUT2D eigenvalue weighted by Gasteiger charge is 2.24. The van der Waals surface area contributed by atoms with Gasteiger partial charge in [0.15, 0.2) is 0 Å². The van der Waals surface area contributed by atoms with Crippen LogP contribution in [0.3, 0.4) is 0 Å². The number of carbonyl (C=O) groups excluding carboxylic acids is 1. The molecule has 0 atom stereocenters. The first kappa shape index (κ1) is 21.4. The van der Waals surface area contributed by atoms with Gasteiger partial charge in [-0.1, -0.05) is 36.9 Å². The molecule has 7 nitrogen and oxygen atoms in total. The summed E-state index contributed by atoms with van der Waals surface area (Å²) in [5, 5.41) is 2.89. The topological polar surface area (TPSA) is 93.4 Å². The second-order valence-electron chi connectivity index (χ2n) is 7.78. The molecule has 0 unspecified atom stereocenters. The number of aromatic nitrogens is 2. The number of nitrogens with zero attached hydrogens (tertiary/aromatic N) is 3. The van der Waals surface area contributed by atoms with Crippen molar-refractivity contribution in [2.45, 2.75) is 12.8 Å². The number of ether oxygens (including phenoxy) is 1. The van der Waals surface area contributed by atoms with Gasteiger partial charge in [0.25, 0.3) is 0 Å². The average Bonchev–Trinajstić information content (AvgIpc) is 2.84. The van der Waals surface area contributed by atoms with Crippen LogP contribution in [-0.2, 0) is 4.79 Å². The molecule has 1 amide bonds.